The van der Waals surface area contributed by atoms with Crippen LogP contribution in [0.3, 0.4) is 0 Å². The van der Waals surface area contributed by atoms with Crippen molar-refractivity contribution in [1.29, 1.82) is 0 Å². The molecule has 88 valence electrons. The molecule has 0 N–H and O–H groups in total. The summed E-state index contributed by atoms with van der Waals surface area (Å²) in [5.41, 5.74) is 0. The summed E-state index contributed by atoms with van der Waals surface area (Å²) in [6, 6.07) is 0. The van der Waals surface area contributed by atoms with E-state index in [1.807, 2.05) is 6.92 Å². The quantitative estimate of drug-likeness (QED) is 0.525. The molecule has 2 nitrogen and oxygen atoms in total. The Morgan fingerprint density at radius 1 is 1.20 bits per heavy atom. The average Bonchev–Trinajstić information content (AvgIpc) is 2.15. The molecule has 0 aliphatic carbocycles. The summed E-state index contributed by atoms with van der Waals surface area (Å²) in [7, 11) is 0. The van der Waals surface area contributed by atoms with E-state index in [0.717, 1.165) is 11.4 Å². The van der Waals surface area contributed by atoms with Gasteiger partial charge in [-0.15, -0.1) is 0 Å². The van der Waals surface area contributed by atoms with Crippen LogP contribution in [0.15, 0.2) is 12.0 Å². The van der Waals surface area contributed by atoms with Gasteiger partial charge in [0, 0.05) is 26.2 Å². The Balaban J connectivity index is 2.50. The van der Waals surface area contributed by atoms with Gasteiger partial charge in [0.1, 0.15) is 0 Å². The van der Waals surface area contributed by atoms with Gasteiger partial charge in [-0.3, -0.25) is 0 Å². The third-order valence-electron chi connectivity index (χ3n) is 2.40. The molecule has 0 aromatic heterocycles. The maximum absolute atomic E-state index is 13.1. The number of allylic oxidation sites excluding steroid dienone is 1. The predicted molar refractivity (Wildman–Crippen MR) is 48.9 cm³/mol. The summed E-state index contributed by atoms with van der Waals surface area (Å²) in [5, 5.41) is 0. The Morgan fingerprint density at radius 3 is 2.13 bits per heavy atom. The zero-order chi connectivity index (χ0) is 11.5. The Kier molecular flexibility index (Phi) is 3.96. The Labute approximate surface area is 86.1 Å². The number of rotatable bonds is 2. The summed E-state index contributed by atoms with van der Waals surface area (Å²) >= 11 is 0. The largest absolute Gasteiger partial charge is 0.414 e. The molecule has 1 aliphatic heterocycles. The first-order valence-electron chi connectivity index (χ1n) is 4.85. The Hall–Kier alpha value is -0.780. The summed E-state index contributed by atoms with van der Waals surface area (Å²) < 4.78 is 48.6. The van der Waals surface area contributed by atoms with Gasteiger partial charge in [0.05, 0.1) is 6.08 Å². The second kappa shape index (κ2) is 4.83. The highest BCUT2D eigenvalue weighted by Gasteiger charge is 2.28. The van der Waals surface area contributed by atoms with Gasteiger partial charge in [0.2, 0.25) is 0 Å². The van der Waals surface area contributed by atoms with Gasteiger partial charge in [-0.25, -0.2) is 0 Å². The molecule has 1 heterocycles. The minimum atomic E-state index is -4.58. The number of nitrogens with zero attached hydrogens (tertiary/aromatic N) is 2. The molecular formula is C9H14F4N2. The van der Waals surface area contributed by atoms with Crippen molar-refractivity contribution in [1.82, 2.24) is 9.80 Å². The lowest BCUT2D eigenvalue weighted by Crippen LogP contribution is -2.45. The monoisotopic (exact) mass is 226 g/mol. The van der Waals surface area contributed by atoms with Gasteiger partial charge in [-0.05, 0) is 6.54 Å². The van der Waals surface area contributed by atoms with E-state index in [1.165, 1.54) is 0 Å². The van der Waals surface area contributed by atoms with E-state index in [-0.39, 0.29) is 6.08 Å². The number of halogens is 4. The van der Waals surface area contributed by atoms with Crippen LogP contribution in [0.4, 0.5) is 17.6 Å². The highest BCUT2D eigenvalue weighted by molar-refractivity contribution is 4.98. The zero-order valence-corrected chi connectivity index (χ0v) is 8.52. The molecule has 1 saturated heterocycles. The third-order valence-corrected chi connectivity index (χ3v) is 2.40. The maximum atomic E-state index is 13.1. The van der Waals surface area contributed by atoms with Gasteiger partial charge in [0.15, 0.2) is 5.95 Å². The van der Waals surface area contributed by atoms with Crippen LogP contribution in [0.2, 0.25) is 0 Å². The van der Waals surface area contributed by atoms with Crippen LogP contribution in [0.25, 0.3) is 0 Å². The van der Waals surface area contributed by atoms with Crippen LogP contribution in [0.1, 0.15) is 6.92 Å². The van der Waals surface area contributed by atoms with Crippen molar-refractivity contribution in [2.75, 3.05) is 32.7 Å². The molecule has 0 bridgehead atoms. The van der Waals surface area contributed by atoms with Gasteiger partial charge >= 0.3 is 6.18 Å². The van der Waals surface area contributed by atoms with Crippen molar-refractivity contribution in [3.63, 3.8) is 0 Å². The third kappa shape index (κ3) is 4.07. The van der Waals surface area contributed by atoms with Crippen molar-refractivity contribution in [3.8, 4) is 0 Å². The summed E-state index contributed by atoms with van der Waals surface area (Å²) in [6.07, 6.45) is -4.86. The van der Waals surface area contributed by atoms with Crippen LogP contribution in [0.5, 0.6) is 0 Å². The lowest BCUT2D eigenvalue weighted by atomic mass is 10.3. The summed E-state index contributed by atoms with van der Waals surface area (Å²) in [4.78, 5) is 3.19. The van der Waals surface area contributed by atoms with Crippen molar-refractivity contribution >= 4 is 0 Å². The van der Waals surface area contributed by atoms with E-state index >= 15 is 0 Å². The summed E-state index contributed by atoms with van der Waals surface area (Å²) in [5.74, 6) is -1.18. The summed E-state index contributed by atoms with van der Waals surface area (Å²) in [6.45, 7) is 4.65. The number of alkyl halides is 3. The van der Waals surface area contributed by atoms with E-state index in [2.05, 4.69) is 4.90 Å². The molecule has 0 atom stereocenters. The van der Waals surface area contributed by atoms with E-state index < -0.39 is 12.1 Å². The van der Waals surface area contributed by atoms with Crippen LogP contribution in [-0.2, 0) is 0 Å². The van der Waals surface area contributed by atoms with Gasteiger partial charge in [-0.2, -0.15) is 17.6 Å². The van der Waals surface area contributed by atoms with Crippen LogP contribution in [-0.4, -0.2) is 48.7 Å². The second-order valence-electron chi connectivity index (χ2n) is 3.43. The number of piperazine rings is 1. The average molecular weight is 226 g/mol. The van der Waals surface area contributed by atoms with Crippen molar-refractivity contribution < 1.29 is 17.6 Å². The van der Waals surface area contributed by atoms with E-state index in [9.17, 15) is 17.6 Å². The molecule has 1 rings (SSSR count). The van der Waals surface area contributed by atoms with Crippen LogP contribution >= 0.6 is 0 Å². The number of hydrogen-bond acceptors (Lipinski definition) is 2. The fraction of sp³-hybridized carbons (Fsp3) is 0.778. The van der Waals surface area contributed by atoms with E-state index in [4.69, 9.17) is 0 Å². The molecule has 0 aromatic rings. The molecule has 0 saturated carbocycles. The highest BCUT2D eigenvalue weighted by atomic mass is 19.4. The maximum Gasteiger partial charge on any atom is 0.414 e. The molecule has 0 aromatic carbocycles. The lowest BCUT2D eigenvalue weighted by molar-refractivity contribution is -0.0833. The van der Waals surface area contributed by atoms with Crippen LogP contribution in [0, 0.1) is 0 Å². The first-order valence-corrected chi connectivity index (χ1v) is 4.85. The molecule has 15 heavy (non-hydrogen) atoms. The van der Waals surface area contributed by atoms with Gasteiger partial charge < -0.3 is 9.80 Å². The first kappa shape index (κ1) is 12.3. The van der Waals surface area contributed by atoms with Gasteiger partial charge in [0.25, 0.3) is 0 Å². The highest BCUT2D eigenvalue weighted by Crippen LogP contribution is 2.21. The number of likely N-dealkylation sites (N-methyl/N-ethyl adjacent to an activating group) is 1. The second-order valence-corrected chi connectivity index (χ2v) is 3.43. The molecule has 1 aliphatic rings. The number of hydrogen-bond donors (Lipinski definition) is 0. The van der Waals surface area contributed by atoms with Crippen molar-refractivity contribution in [3.05, 3.63) is 12.0 Å². The molecular weight excluding hydrogens is 212 g/mol. The molecule has 0 unspecified atom stereocenters. The first-order chi connectivity index (χ1) is 6.92. The molecule has 0 spiro atoms. The van der Waals surface area contributed by atoms with Crippen LogP contribution < -0.4 is 0 Å². The minimum Gasteiger partial charge on any atom is -0.346 e. The molecule has 0 radical (unpaired) electrons. The molecule has 6 heteroatoms. The normalized spacial score (nSPS) is 20.9. The zero-order valence-electron chi connectivity index (χ0n) is 8.52. The smallest absolute Gasteiger partial charge is 0.346 e. The van der Waals surface area contributed by atoms with Crippen molar-refractivity contribution in [2.45, 2.75) is 13.1 Å². The fourth-order valence-electron chi connectivity index (χ4n) is 1.50. The predicted octanol–water partition coefficient (Wildman–Crippen LogP) is 2.00. The SMILES string of the molecule is CCN1CCN(/C(F)=C/C(F)(F)F)CC1. The van der Waals surface area contributed by atoms with Crippen molar-refractivity contribution in [2.24, 2.45) is 0 Å². The molecule has 0 amide bonds. The fourth-order valence-corrected chi connectivity index (χ4v) is 1.50. The molecule has 1 fully saturated rings. The van der Waals surface area contributed by atoms with Gasteiger partial charge in [-0.1, -0.05) is 6.92 Å². The lowest BCUT2D eigenvalue weighted by Gasteiger charge is -2.34. The standard InChI is InChI=1S/C9H14F4N2/c1-2-14-3-5-15(6-4-14)8(10)7-9(11,12)13/h7H,2-6H2,1H3/b8-7+. The topological polar surface area (TPSA) is 6.48 Å². The van der Waals surface area contributed by atoms with E-state index in [1.54, 1.807) is 0 Å². The Bertz CT molecular complexity index is 229. The Morgan fingerprint density at radius 2 is 1.73 bits per heavy atom. The minimum absolute atomic E-state index is 0.283. The van der Waals surface area contributed by atoms with E-state index in [0.29, 0.717) is 26.2 Å².